The molecule has 2 rings (SSSR count). The summed E-state index contributed by atoms with van der Waals surface area (Å²) in [5, 5.41) is 0. The molecule has 1 saturated heterocycles. The van der Waals surface area contributed by atoms with Crippen LogP contribution in [0, 0.1) is 0 Å². The van der Waals surface area contributed by atoms with Gasteiger partial charge in [-0.1, -0.05) is 0 Å². The average molecular weight is 322 g/mol. The van der Waals surface area contributed by atoms with E-state index in [0.717, 1.165) is 16.6 Å². The Kier molecular flexibility index (Phi) is 4.33. The normalized spacial score (nSPS) is 19.4. The van der Waals surface area contributed by atoms with Crippen molar-refractivity contribution in [3.63, 3.8) is 0 Å². The number of alkyl halides is 3. The minimum Gasteiger partial charge on any atom is -0.296 e. The summed E-state index contributed by atoms with van der Waals surface area (Å²) < 4.78 is 63.2. The Morgan fingerprint density at radius 3 is 2.62 bits per heavy atom. The summed E-state index contributed by atoms with van der Waals surface area (Å²) in [7, 11) is -3.43. The van der Waals surface area contributed by atoms with E-state index in [1.54, 1.807) is 0 Å². The van der Waals surface area contributed by atoms with Crippen LogP contribution in [0.2, 0.25) is 0 Å². The zero-order valence-corrected chi connectivity index (χ0v) is 11.7. The molecule has 0 unspecified atom stereocenters. The van der Waals surface area contributed by atoms with Gasteiger partial charge in [-0.05, 0) is 24.5 Å². The summed E-state index contributed by atoms with van der Waals surface area (Å²) in [4.78, 5) is 14.1. The summed E-state index contributed by atoms with van der Waals surface area (Å²) in [5.41, 5.74) is -1.74. The zero-order chi connectivity index (χ0) is 15.7. The molecule has 1 fully saturated rings. The van der Waals surface area contributed by atoms with E-state index in [9.17, 15) is 26.4 Å². The van der Waals surface area contributed by atoms with Crippen LogP contribution in [0.3, 0.4) is 0 Å². The molecule has 0 N–H and O–H groups in total. The summed E-state index contributed by atoms with van der Waals surface area (Å²) in [6.07, 6.45) is -2.35. The van der Waals surface area contributed by atoms with E-state index in [1.807, 2.05) is 0 Å². The van der Waals surface area contributed by atoms with Crippen molar-refractivity contribution in [1.82, 2.24) is 9.29 Å². The van der Waals surface area contributed by atoms with Crippen LogP contribution in [0.5, 0.6) is 0 Å². The highest BCUT2D eigenvalue weighted by atomic mass is 32.2. The molecular formula is C12H13F3N2O3S. The molecule has 1 aromatic heterocycles. The van der Waals surface area contributed by atoms with Crippen molar-refractivity contribution in [3.05, 3.63) is 29.1 Å². The minimum absolute atomic E-state index is 0.00101. The van der Waals surface area contributed by atoms with Gasteiger partial charge >= 0.3 is 6.18 Å². The molecule has 1 aromatic rings. The van der Waals surface area contributed by atoms with Crippen LogP contribution in [0.4, 0.5) is 13.2 Å². The number of hydrogen-bond donors (Lipinski definition) is 0. The van der Waals surface area contributed by atoms with Gasteiger partial charge in [0.1, 0.15) is 5.69 Å². The molecule has 1 aliphatic rings. The second-order valence-electron chi connectivity index (χ2n) is 4.75. The van der Waals surface area contributed by atoms with E-state index in [1.165, 1.54) is 0 Å². The lowest BCUT2D eigenvalue weighted by Crippen LogP contribution is -2.37. The number of hydrogen-bond acceptors (Lipinski definition) is 4. The lowest BCUT2D eigenvalue weighted by atomic mass is 10.1. The average Bonchev–Trinajstić information content (AvgIpc) is 2.40. The Labute approximate surface area is 119 Å². The van der Waals surface area contributed by atoms with Crippen molar-refractivity contribution >= 4 is 16.3 Å². The van der Waals surface area contributed by atoms with Crippen LogP contribution in [-0.2, 0) is 22.7 Å². The van der Waals surface area contributed by atoms with Crippen molar-refractivity contribution in [2.24, 2.45) is 0 Å². The van der Waals surface area contributed by atoms with Crippen molar-refractivity contribution in [1.29, 1.82) is 0 Å². The number of sulfonamides is 1. The molecule has 116 valence electrons. The predicted molar refractivity (Wildman–Crippen MR) is 68.1 cm³/mol. The number of carbonyl (C=O) groups is 1. The molecule has 9 heteroatoms. The number of nitrogens with zero attached hydrogens (tertiary/aromatic N) is 2. The first-order valence-electron chi connectivity index (χ1n) is 6.23. The molecule has 0 spiro atoms. The second-order valence-corrected chi connectivity index (χ2v) is 6.84. The van der Waals surface area contributed by atoms with E-state index in [-0.39, 0.29) is 30.7 Å². The van der Waals surface area contributed by atoms with Crippen LogP contribution >= 0.6 is 0 Å². The van der Waals surface area contributed by atoms with Crippen LogP contribution in [-0.4, -0.2) is 36.3 Å². The van der Waals surface area contributed by atoms with Crippen LogP contribution in [0.25, 0.3) is 0 Å². The molecule has 5 nitrogen and oxygen atoms in total. The third kappa shape index (κ3) is 3.59. The molecule has 0 aliphatic carbocycles. The topological polar surface area (TPSA) is 67.3 Å². The number of aromatic nitrogens is 1. The highest BCUT2D eigenvalue weighted by Gasteiger charge is 2.35. The lowest BCUT2D eigenvalue weighted by molar-refractivity contribution is -0.138. The zero-order valence-electron chi connectivity index (χ0n) is 10.9. The highest BCUT2D eigenvalue weighted by Crippen LogP contribution is 2.31. The van der Waals surface area contributed by atoms with Gasteiger partial charge in [0.05, 0.1) is 11.3 Å². The molecule has 0 bridgehead atoms. The minimum atomic E-state index is -4.71. The lowest BCUT2D eigenvalue weighted by Gasteiger charge is -2.26. The van der Waals surface area contributed by atoms with Gasteiger partial charge in [-0.2, -0.15) is 17.5 Å². The van der Waals surface area contributed by atoms with Gasteiger partial charge in [0, 0.05) is 19.3 Å². The van der Waals surface area contributed by atoms with Crippen molar-refractivity contribution in [2.45, 2.75) is 25.6 Å². The SMILES string of the molecule is O=Cc1ncc(CN2CCCCS2(=O)=O)cc1C(F)(F)F. The first kappa shape index (κ1) is 15.9. The number of halogens is 3. The molecular weight excluding hydrogens is 309 g/mol. The van der Waals surface area contributed by atoms with Crippen LogP contribution in [0.1, 0.15) is 34.5 Å². The molecule has 0 saturated carbocycles. The first-order valence-corrected chi connectivity index (χ1v) is 7.84. The summed E-state index contributed by atoms with van der Waals surface area (Å²) in [6, 6.07) is 0.779. The summed E-state index contributed by atoms with van der Waals surface area (Å²) >= 11 is 0. The maximum atomic E-state index is 12.8. The van der Waals surface area contributed by atoms with E-state index < -0.39 is 27.5 Å². The highest BCUT2D eigenvalue weighted by molar-refractivity contribution is 7.89. The Bertz CT molecular complexity index is 644. The van der Waals surface area contributed by atoms with Gasteiger partial charge in [0.2, 0.25) is 10.0 Å². The Hall–Kier alpha value is -1.48. The largest absolute Gasteiger partial charge is 0.418 e. The fourth-order valence-electron chi connectivity index (χ4n) is 2.15. The van der Waals surface area contributed by atoms with E-state index >= 15 is 0 Å². The Morgan fingerprint density at radius 2 is 2.05 bits per heavy atom. The van der Waals surface area contributed by atoms with Gasteiger partial charge in [0.25, 0.3) is 0 Å². The van der Waals surface area contributed by atoms with Crippen molar-refractivity contribution < 1.29 is 26.4 Å². The number of rotatable bonds is 3. The molecule has 0 aromatic carbocycles. The number of pyridine rings is 1. The number of aldehydes is 1. The molecule has 1 aliphatic heterocycles. The van der Waals surface area contributed by atoms with Crippen LogP contribution in [0.15, 0.2) is 12.3 Å². The Morgan fingerprint density at radius 1 is 1.33 bits per heavy atom. The van der Waals surface area contributed by atoms with Gasteiger partial charge in [-0.3, -0.25) is 9.78 Å². The Balaban J connectivity index is 2.31. The second kappa shape index (κ2) is 5.72. The van der Waals surface area contributed by atoms with E-state index in [4.69, 9.17) is 0 Å². The molecule has 0 atom stereocenters. The monoisotopic (exact) mass is 322 g/mol. The first-order chi connectivity index (χ1) is 9.74. The standard InChI is InChI=1S/C12H13F3N2O3S/c13-12(14,15)10-5-9(6-16-11(10)8-18)7-17-3-1-2-4-21(17,19)20/h5-6,8H,1-4,7H2. The van der Waals surface area contributed by atoms with Gasteiger partial charge in [-0.15, -0.1) is 0 Å². The van der Waals surface area contributed by atoms with E-state index in [0.29, 0.717) is 12.8 Å². The summed E-state index contributed by atoms with van der Waals surface area (Å²) in [5.74, 6) is -0.00101. The molecule has 21 heavy (non-hydrogen) atoms. The van der Waals surface area contributed by atoms with Gasteiger partial charge < -0.3 is 0 Å². The molecule has 0 amide bonds. The quantitative estimate of drug-likeness (QED) is 0.796. The molecule has 0 radical (unpaired) electrons. The van der Waals surface area contributed by atoms with Crippen LogP contribution < -0.4 is 0 Å². The van der Waals surface area contributed by atoms with E-state index in [2.05, 4.69) is 4.98 Å². The van der Waals surface area contributed by atoms with Crippen molar-refractivity contribution in [3.8, 4) is 0 Å². The fraction of sp³-hybridized carbons (Fsp3) is 0.500. The predicted octanol–water partition coefficient (Wildman–Crippen LogP) is 1.84. The van der Waals surface area contributed by atoms with Crippen molar-refractivity contribution in [2.75, 3.05) is 12.3 Å². The number of carbonyl (C=O) groups excluding carboxylic acids is 1. The maximum absolute atomic E-state index is 12.8. The van der Waals surface area contributed by atoms with Gasteiger partial charge in [0.15, 0.2) is 6.29 Å². The third-order valence-electron chi connectivity index (χ3n) is 3.20. The maximum Gasteiger partial charge on any atom is 0.418 e. The fourth-order valence-corrected chi connectivity index (χ4v) is 3.73. The smallest absolute Gasteiger partial charge is 0.296 e. The summed E-state index contributed by atoms with van der Waals surface area (Å²) in [6.45, 7) is 0.108. The van der Waals surface area contributed by atoms with Gasteiger partial charge in [-0.25, -0.2) is 8.42 Å². The molecule has 2 heterocycles. The third-order valence-corrected chi connectivity index (χ3v) is 5.11.